The maximum absolute atomic E-state index is 11.6. The number of aliphatic hydroxyl groups excluding tert-OH is 2. The van der Waals surface area contributed by atoms with Crippen molar-refractivity contribution in [1.82, 2.24) is 0 Å². The van der Waals surface area contributed by atoms with Gasteiger partial charge in [-0.3, -0.25) is 0 Å². The number of hydrogen-bond acceptors (Lipinski definition) is 7. The summed E-state index contributed by atoms with van der Waals surface area (Å²) in [7, 11) is 0. The summed E-state index contributed by atoms with van der Waals surface area (Å²) in [5, 5.41) is 19.9. The molecule has 0 aliphatic carbocycles. The molecule has 7 heteroatoms. The Bertz CT molecular complexity index is 760. The summed E-state index contributed by atoms with van der Waals surface area (Å²) in [5.74, 6) is -0.152. The molecule has 0 fully saturated rings. The fraction of sp³-hybridized carbons (Fsp3) is 0.655. The molecule has 0 saturated carbocycles. The topological polar surface area (TPSA) is 102 Å². The predicted octanol–water partition coefficient (Wildman–Crippen LogP) is 5.57. The van der Waals surface area contributed by atoms with Gasteiger partial charge in [-0.1, -0.05) is 45.9 Å². The third-order valence-electron chi connectivity index (χ3n) is 6.05. The lowest BCUT2D eigenvalue weighted by Crippen LogP contribution is -2.31. The van der Waals surface area contributed by atoms with Gasteiger partial charge in [0.2, 0.25) is 0 Å². The third-order valence-corrected chi connectivity index (χ3v) is 6.05. The first-order chi connectivity index (χ1) is 17.0. The van der Waals surface area contributed by atoms with Crippen LogP contribution < -0.4 is 0 Å². The summed E-state index contributed by atoms with van der Waals surface area (Å²) in [6.45, 7) is 19.3. The van der Waals surface area contributed by atoms with E-state index in [1.54, 1.807) is 13.8 Å². The first kappa shape index (κ1) is 33.6. The van der Waals surface area contributed by atoms with Gasteiger partial charge in [0.25, 0.3) is 0 Å². The summed E-state index contributed by atoms with van der Waals surface area (Å²) in [4.78, 5) is 23.2. The fourth-order valence-electron chi connectivity index (χ4n) is 3.56. The Morgan fingerprint density at radius 1 is 0.722 bits per heavy atom. The largest absolute Gasteiger partial charge is 0.493 e. The van der Waals surface area contributed by atoms with Crippen molar-refractivity contribution >= 4 is 11.9 Å². The second kappa shape index (κ2) is 18.8. The van der Waals surface area contributed by atoms with E-state index in [-0.39, 0.29) is 26.4 Å². The predicted molar refractivity (Wildman–Crippen MR) is 143 cm³/mol. The van der Waals surface area contributed by atoms with Crippen molar-refractivity contribution in [2.75, 3.05) is 33.0 Å². The molecule has 0 saturated heterocycles. The van der Waals surface area contributed by atoms with Crippen LogP contribution in [0.5, 0.6) is 0 Å². The van der Waals surface area contributed by atoms with Crippen LogP contribution in [0.2, 0.25) is 0 Å². The van der Waals surface area contributed by atoms with E-state index < -0.39 is 17.4 Å². The number of hydrogen-bond donors (Lipinski definition) is 2. The molecule has 0 bridgehead atoms. The van der Waals surface area contributed by atoms with Crippen LogP contribution in [0.25, 0.3) is 0 Å². The summed E-state index contributed by atoms with van der Waals surface area (Å²) in [5.41, 5.74) is 1.89. The van der Waals surface area contributed by atoms with Crippen molar-refractivity contribution in [3.05, 3.63) is 47.8 Å². The Kier molecular flexibility index (Phi) is 17.6. The molecule has 2 N–H and O–H groups in total. The van der Waals surface area contributed by atoms with Crippen molar-refractivity contribution in [2.45, 2.75) is 85.5 Å². The van der Waals surface area contributed by atoms with Crippen LogP contribution in [0.3, 0.4) is 0 Å². The second-order valence-corrected chi connectivity index (χ2v) is 9.62. The van der Waals surface area contributed by atoms with E-state index in [1.165, 1.54) is 0 Å². The SMILES string of the molecule is C=C(C)C(=O)OCCCC(=C)/C(OCCC(CO)(CO)CCCCC)=C(\C)CCCOC(=O)C(=C)C. The minimum absolute atomic E-state index is 0.0995. The van der Waals surface area contributed by atoms with Crippen LogP contribution in [0.1, 0.15) is 85.5 Å². The molecule has 206 valence electrons. The first-order valence-electron chi connectivity index (χ1n) is 12.9. The van der Waals surface area contributed by atoms with E-state index in [0.29, 0.717) is 55.6 Å². The number of carbonyl (C=O) groups excluding carboxylic acids is 2. The highest BCUT2D eigenvalue weighted by Gasteiger charge is 2.28. The normalized spacial score (nSPS) is 11.9. The van der Waals surface area contributed by atoms with Crippen LogP contribution in [-0.4, -0.2) is 55.2 Å². The molecule has 0 aromatic carbocycles. The molecule has 0 atom stereocenters. The van der Waals surface area contributed by atoms with E-state index in [4.69, 9.17) is 14.2 Å². The maximum Gasteiger partial charge on any atom is 0.333 e. The number of allylic oxidation sites excluding steroid dienone is 2. The quantitative estimate of drug-likeness (QED) is 0.0686. The number of aliphatic hydroxyl groups is 2. The molecule has 36 heavy (non-hydrogen) atoms. The van der Waals surface area contributed by atoms with Crippen LogP contribution in [0.4, 0.5) is 0 Å². The third kappa shape index (κ3) is 13.6. The molecule has 0 unspecified atom stereocenters. The fourth-order valence-corrected chi connectivity index (χ4v) is 3.56. The molecule has 0 radical (unpaired) electrons. The molecule has 7 nitrogen and oxygen atoms in total. The molecule has 0 aromatic rings. The Hall–Kier alpha value is -2.38. The Labute approximate surface area is 217 Å². The van der Waals surface area contributed by atoms with Gasteiger partial charge in [0, 0.05) is 16.6 Å². The van der Waals surface area contributed by atoms with Crippen molar-refractivity contribution in [3.63, 3.8) is 0 Å². The van der Waals surface area contributed by atoms with E-state index >= 15 is 0 Å². The molecule has 0 rings (SSSR count). The van der Waals surface area contributed by atoms with Gasteiger partial charge in [-0.2, -0.15) is 0 Å². The zero-order chi connectivity index (χ0) is 27.6. The van der Waals surface area contributed by atoms with Crippen molar-refractivity contribution in [2.24, 2.45) is 5.41 Å². The second-order valence-electron chi connectivity index (χ2n) is 9.62. The highest BCUT2D eigenvalue weighted by molar-refractivity contribution is 5.87. The molecular formula is C29H48O7. The Morgan fingerprint density at radius 3 is 1.72 bits per heavy atom. The average molecular weight is 509 g/mol. The van der Waals surface area contributed by atoms with Crippen LogP contribution in [0, 0.1) is 5.41 Å². The number of ether oxygens (including phenoxy) is 3. The molecule has 0 aliphatic rings. The zero-order valence-electron chi connectivity index (χ0n) is 23.0. The van der Waals surface area contributed by atoms with Gasteiger partial charge in [-0.15, -0.1) is 0 Å². The minimum Gasteiger partial charge on any atom is -0.493 e. The van der Waals surface area contributed by atoms with E-state index in [0.717, 1.165) is 36.8 Å². The van der Waals surface area contributed by atoms with Crippen molar-refractivity contribution in [3.8, 4) is 0 Å². The summed E-state index contributed by atoms with van der Waals surface area (Å²) in [6, 6.07) is 0. The highest BCUT2D eigenvalue weighted by atomic mass is 16.5. The van der Waals surface area contributed by atoms with Crippen LogP contribution >= 0.6 is 0 Å². The lowest BCUT2D eigenvalue weighted by atomic mass is 9.81. The molecule has 0 spiro atoms. The summed E-state index contributed by atoms with van der Waals surface area (Å²) >= 11 is 0. The number of esters is 2. The zero-order valence-corrected chi connectivity index (χ0v) is 23.0. The smallest absolute Gasteiger partial charge is 0.333 e. The lowest BCUT2D eigenvalue weighted by Gasteiger charge is -2.30. The van der Waals surface area contributed by atoms with Gasteiger partial charge < -0.3 is 24.4 Å². The number of carbonyl (C=O) groups is 2. The standard InChI is InChI=1S/C29H48O7/c1-8-9-10-15-29(20-30,21-31)16-19-34-26(24(6)13-11-17-35-27(32)22(2)3)25(7)14-12-18-36-28(33)23(4)5/h30-31H,2,4,6,8-21H2,1,3,5,7H3/b26-25-. The Balaban J connectivity index is 5.19. The van der Waals surface area contributed by atoms with Crippen molar-refractivity contribution < 1.29 is 34.0 Å². The maximum atomic E-state index is 11.6. The van der Waals surface area contributed by atoms with Gasteiger partial charge in [-0.25, -0.2) is 9.59 Å². The van der Waals surface area contributed by atoms with E-state index in [1.807, 2.05) is 6.92 Å². The van der Waals surface area contributed by atoms with Gasteiger partial charge in [0.1, 0.15) is 5.76 Å². The summed E-state index contributed by atoms with van der Waals surface area (Å²) < 4.78 is 16.5. The van der Waals surface area contributed by atoms with Crippen LogP contribution in [0.15, 0.2) is 47.8 Å². The van der Waals surface area contributed by atoms with Gasteiger partial charge in [0.15, 0.2) is 0 Å². The van der Waals surface area contributed by atoms with Gasteiger partial charge in [-0.05, 0) is 70.4 Å². The van der Waals surface area contributed by atoms with E-state index in [2.05, 4.69) is 26.7 Å². The molecule has 0 amide bonds. The van der Waals surface area contributed by atoms with Gasteiger partial charge in [0.05, 0.1) is 33.0 Å². The van der Waals surface area contributed by atoms with Crippen molar-refractivity contribution in [1.29, 1.82) is 0 Å². The number of rotatable bonds is 21. The van der Waals surface area contributed by atoms with E-state index in [9.17, 15) is 19.8 Å². The summed E-state index contributed by atoms with van der Waals surface area (Å²) in [6.07, 6.45) is 6.73. The average Bonchev–Trinajstić information content (AvgIpc) is 2.85. The minimum atomic E-state index is -0.580. The molecule has 0 aliphatic heterocycles. The molecule has 0 heterocycles. The first-order valence-corrected chi connectivity index (χ1v) is 12.9. The Morgan fingerprint density at radius 2 is 1.25 bits per heavy atom. The number of unbranched alkanes of at least 4 members (excludes halogenated alkanes) is 2. The highest BCUT2D eigenvalue weighted by Crippen LogP contribution is 2.30. The lowest BCUT2D eigenvalue weighted by molar-refractivity contribution is -0.139. The monoisotopic (exact) mass is 508 g/mol. The molecular weight excluding hydrogens is 460 g/mol. The van der Waals surface area contributed by atoms with Gasteiger partial charge >= 0.3 is 11.9 Å². The molecule has 0 aromatic heterocycles. The van der Waals surface area contributed by atoms with Crippen LogP contribution in [-0.2, 0) is 23.8 Å².